The molecule has 0 atom stereocenters. The first-order valence-corrected chi connectivity index (χ1v) is 9.96. The highest BCUT2D eigenvalue weighted by Gasteiger charge is 2.12. The van der Waals surface area contributed by atoms with Crippen LogP contribution in [0, 0.1) is 0 Å². The van der Waals surface area contributed by atoms with Crippen LogP contribution in [0.5, 0.6) is 0 Å². The van der Waals surface area contributed by atoms with Gasteiger partial charge < -0.3 is 10.1 Å². The summed E-state index contributed by atoms with van der Waals surface area (Å²) >= 11 is 1.47. The number of aromatic nitrogens is 1. The molecule has 1 aromatic heterocycles. The van der Waals surface area contributed by atoms with Gasteiger partial charge in [0.1, 0.15) is 5.03 Å². The average Bonchev–Trinajstić information content (AvgIpc) is 2.73. The second-order valence-corrected chi connectivity index (χ2v) is 6.78. The van der Waals surface area contributed by atoms with Crippen LogP contribution >= 0.6 is 11.8 Å². The zero-order chi connectivity index (χ0) is 18.9. The van der Waals surface area contributed by atoms with Gasteiger partial charge in [0, 0.05) is 12.7 Å². The fraction of sp³-hybridized carbons (Fsp3) is 0.182. The van der Waals surface area contributed by atoms with Gasteiger partial charge in [-0.25, -0.2) is 4.98 Å². The molecule has 0 radical (unpaired) electrons. The van der Waals surface area contributed by atoms with E-state index in [0.717, 1.165) is 21.7 Å². The van der Waals surface area contributed by atoms with Crippen molar-refractivity contribution < 1.29 is 9.53 Å². The van der Waals surface area contributed by atoms with Crippen molar-refractivity contribution in [3.05, 3.63) is 95.2 Å². The fourth-order valence-electron chi connectivity index (χ4n) is 2.72. The smallest absolute Gasteiger partial charge is 0.254 e. The maximum absolute atomic E-state index is 12.5. The third kappa shape index (κ3) is 5.42. The standard InChI is InChI=1S/C22H22N2O2S/c1-27-22-20(12-7-13-23-22)21(25)24-14-18-10-5-6-11-19(18)16-26-15-17-8-3-2-4-9-17/h2-13H,14-16H2,1H3,(H,24,25). The Kier molecular flexibility index (Phi) is 7.02. The molecule has 0 saturated heterocycles. The van der Waals surface area contributed by atoms with Crippen molar-refractivity contribution in [1.29, 1.82) is 0 Å². The summed E-state index contributed by atoms with van der Waals surface area (Å²) in [6.07, 6.45) is 3.61. The molecule has 1 N–H and O–H groups in total. The van der Waals surface area contributed by atoms with E-state index in [1.807, 2.05) is 60.9 Å². The molecule has 0 bridgehead atoms. The predicted molar refractivity (Wildman–Crippen MR) is 109 cm³/mol. The van der Waals surface area contributed by atoms with E-state index >= 15 is 0 Å². The molecule has 2 aromatic carbocycles. The number of carbonyl (C=O) groups excluding carboxylic acids is 1. The lowest BCUT2D eigenvalue weighted by Crippen LogP contribution is -2.24. The van der Waals surface area contributed by atoms with Gasteiger partial charge in [-0.2, -0.15) is 0 Å². The van der Waals surface area contributed by atoms with Gasteiger partial charge in [-0.15, -0.1) is 11.8 Å². The quantitative estimate of drug-likeness (QED) is 0.589. The van der Waals surface area contributed by atoms with E-state index in [2.05, 4.69) is 10.3 Å². The summed E-state index contributed by atoms with van der Waals surface area (Å²) in [5.41, 5.74) is 3.87. The van der Waals surface area contributed by atoms with Crippen molar-refractivity contribution in [2.45, 2.75) is 24.8 Å². The molecule has 0 spiro atoms. The number of nitrogens with one attached hydrogen (secondary N) is 1. The number of pyridine rings is 1. The van der Waals surface area contributed by atoms with E-state index < -0.39 is 0 Å². The Morgan fingerprint density at radius 1 is 0.963 bits per heavy atom. The fourth-order valence-corrected chi connectivity index (χ4v) is 3.27. The number of nitrogens with zero attached hydrogens (tertiary/aromatic N) is 1. The van der Waals surface area contributed by atoms with Crippen molar-refractivity contribution in [1.82, 2.24) is 10.3 Å². The van der Waals surface area contributed by atoms with Crippen LogP contribution in [0.4, 0.5) is 0 Å². The van der Waals surface area contributed by atoms with Crippen LogP contribution in [0.1, 0.15) is 27.0 Å². The van der Waals surface area contributed by atoms with Crippen LogP contribution < -0.4 is 5.32 Å². The first-order valence-electron chi connectivity index (χ1n) is 8.73. The molecular formula is C22H22N2O2S. The molecule has 1 heterocycles. The molecule has 0 aliphatic rings. The van der Waals surface area contributed by atoms with Crippen LogP contribution in [0.25, 0.3) is 0 Å². The summed E-state index contributed by atoms with van der Waals surface area (Å²) < 4.78 is 5.85. The number of hydrogen-bond acceptors (Lipinski definition) is 4. The van der Waals surface area contributed by atoms with E-state index in [9.17, 15) is 4.79 Å². The number of carbonyl (C=O) groups is 1. The summed E-state index contributed by atoms with van der Waals surface area (Å²) in [6.45, 7) is 1.52. The minimum atomic E-state index is -0.118. The Balaban J connectivity index is 1.59. The van der Waals surface area contributed by atoms with Gasteiger partial charge in [0.15, 0.2) is 0 Å². The number of amides is 1. The third-order valence-electron chi connectivity index (χ3n) is 4.14. The first kappa shape index (κ1) is 19.1. The van der Waals surface area contributed by atoms with Crippen molar-refractivity contribution in [2.75, 3.05) is 6.26 Å². The lowest BCUT2D eigenvalue weighted by molar-refractivity contribution is 0.0944. The summed E-state index contributed by atoms with van der Waals surface area (Å²) in [5, 5.41) is 3.72. The first-order chi connectivity index (χ1) is 13.3. The van der Waals surface area contributed by atoms with Crippen molar-refractivity contribution >= 4 is 17.7 Å². The van der Waals surface area contributed by atoms with Crippen LogP contribution in [-0.2, 0) is 24.5 Å². The van der Waals surface area contributed by atoms with Crippen LogP contribution in [0.2, 0.25) is 0 Å². The molecule has 3 aromatic rings. The normalized spacial score (nSPS) is 10.6. The molecular weight excluding hydrogens is 356 g/mol. The maximum atomic E-state index is 12.5. The van der Waals surface area contributed by atoms with E-state index in [4.69, 9.17) is 4.74 Å². The molecule has 27 heavy (non-hydrogen) atoms. The van der Waals surface area contributed by atoms with Gasteiger partial charge in [0.25, 0.3) is 5.91 Å². The van der Waals surface area contributed by atoms with Gasteiger partial charge in [-0.3, -0.25) is 4.79 Å². The zero-order valence-corrected chi connectivity index (χ0v) is 16.0. The molecule has 0 saturated carbocycles. The van der Waals surface area contributed by atoms with Crippen molar-refractivity contribution in [3.63, 3.8) is 0 Å². The number of ether oxygens (including phenoxy) is 1. The minimum Gasteiger partial charge on any atom is -0.372 e. The Hall–Kier alpha value is -2.63. The Morgan fingerprint density at radius 2 is 1.70 bits per heavy atom. The Morgan fingerprint density at radius 3 is 2.48 bits per heavy atom. The molecule has 0 aliphatic carbocycles. The van der Waals surface area contributed by atoms with Gasteiger partial charge >= 0.3 is 0 Å². The topological polar surface area (TPSA) is 51.2 Å². The largest absolute Gasteiger partial charge is 0.372 e. The van der Waals surface area contributed by atoms with E-state index in [0.29, 0.717) is 25.3 Å². The second kappa shape index (κ2) is 9.90. The van der Waals surface area contributed by atoms with Gasteiger partial charge in [0.05, 0.1) is 18.8 Å². The number of thioether (sulfide) groups is 1. The summed E-state index contributed by atoms with van der Waals surface area (Å²) in [5.74, 6) is -0.118. The molecule has 138 valence electrons. The lowest BCUT2D eigenvalue weighted by atomic mass is 10.1. The highest BCUT2D eigenvalue weighted by atomic mass is 32.2. The van der Waals surface area contributed by atoms with Gasteiger partial charge in [-0.1, -0.05) is 54.6 Å². The highest BCUT2D eigenvalue weighted by molar-refractivity contribution is 7.98. The van der Waals surface area contributed by atoms with E-state index in [1.54, 1.807) is 18.3 Å². The number of benzene rings is 2. The highest BCUT2D eigenvalue weighted by Crippen LogP contribution is 2.17. The van der Waals surface area contributed by atoms with Crippen LogP contribution in [0.15, 0.2) is 78.0 Å². The molecule has 4 nitrogen and oxygen atoms in total. The molecule has 1 amide bonds. The molecule has 0 unspecified atom stereocenters. The van der Waals surface area contributed by atoms with Crippen LogP contribution in [0.3, 0.4) is 0 Å². The molecule has 0 fully saturated rings. The minimum absolute atomic E-state index is 0.118. The summed E-state index contributed by atoms with van der Waals surface area (Å²) in [7, 11) is 0. The Bertz CT molecular complexity index is 884. The van der Waals surface area contributed by atoms with Gasteiger partial charge in [-0.05, 0) is 35.1 Å². The monoisotopic (exact) mass is 378 g/mol. The SMILES string of the molecule is CSc1ncccc1C(=O)NCc1ccccc1COCc1ccccc1. The molecule has 5 heteroatoms. The van der Waals surface area contributed by atoms with Crippen molar-refractivity contribution in [3.8, 4) is 0 Å². The Labute approximate surface area is 164 Å². The van der Waals surface area contributed by atoms with E-state index in [-0.39, 0.29) is 5.91 Å². The predicted octanol–water partition coefficient (Wildman–Crippen LogP) is 4.45. The average molecular weight is 378 g/mol. The second-order valence-electron chi connectivity index (χ2n) is 5.99. The van der Waals surface area contributed by atoms with Crippen molar-refractivity contribution in [2.24, 2.45) is 0 Å². The maximum Gasteiger partial charge on any atom is 0.254 e. The van der Waals surface area contributed by atoms with Gasteiger partial charge in [0.2, 0.25) is 0 Å². The van der Waals surface area contributed by atoms with Crippen LogP contribution in [-0.4, -0.2) is 17.1 Å². The third-order valence-corrected chi connectivity index (χ3v) is 4.85. The summed E-state index contributed by atoms with van der Waals surface area (Å²) in [4.78, 5) is 16.8. The molecule has 3 rings (SSSR count). The summed E-state index contributed by atoms with van der Waals surface area (Å²) in [6, 6.07) is 21.7. The molecule has 0 aliphatic heterocycles. The number of hydrogen-bond donors (Lipinski definition) is 1. The van der Waals surface area contributed by atoms with E-state index in [1.165, 1.54) is 11.8 Å². The lowest BCUT2D eigenvalue weighted by Gasteiger charge is -2.12. The zero-order valence-electron chi connectivity index (χ0n) is 15.2. The number of rotatable bonds is 8.